The van der Waals surface area contributed by atoms with Crippen LogP contribution in [-0.4, -0.2) is 17.6 Å². The fraction of sp³-hybridized carbons (Fsp3) is 0.778. The molecular weight excluding hydrogens is 258 g/mol. The van der Waals surface area contributed by atoms with E-state index >= 15 is 0 Å². The average Bonchev–Trinajstić information content (AvgIpc) is 2.79. The molecule has 21 heavy (non-hydrogen) atoms. The monoisotopic (exact) mass is 283 g/mol. The smallest absolute Gasteiger partial charge is 0.149 e. The van der Waals surface area contributed by atoms with Gasteiger partial charge in [0.15, 0.2) is 0 Å². The molecule has 2 aliphatic heterocycles. The predicted octanol–water partition coefficient (Wildman–Crippen LogP) is 4.49. The molecule has 1 unspecified atom stereocenters. The lowest BCUT2D eigenvalue weighted by molar-refractivity contribution is -0.0886. The van der Waals surface area contributed by atoms with Gasteiger partial charge < -0.3 is 4.90 Å². The average molecular weight is 283 g/mol. The largest absolute Gasteiger partial charge is 0.327 e. The second-order valence-corrected chi connectivity index (χ2v) is 8.13. The molecule has 0 spiro atoms. The standard InChI is InChI=1S/C18H25N3/c1-2-4-6-21-16(5-3-1)19-20-17(21)18-10-13-7-14(11-18)9-15(8-13)12-18/h2,4-5,13-15,17H,1,3,6-12H2/b4-2-,16-5-. The Kier molecular flexibility index (Phi) is 2.63. The van der Waals surface area contributed by atoms with Crippen LogP contribution < -0.4 is 0 Å². The number of azo groups is 1. The normalized spacial score (nSPS) is 51.2. The Bertz CT molecular complexity index is 495. The molecule has 4 saturated carbocycles. The molecule has 6 rings (SSSR count). The van der Waals surface area contributed by atoms with Crippen LogP contribution in [0.3, 0.4) is 0 Å². The molecule has 4 aliphatic carbocycles. The van der Waals surface area contributed by atoms with Crippen LogP contribution in [0.25, 0.3) is 0 Å². The Labute approximate surface area is 127 Å². The van der Waals surface area contributed by atoms with Crippen LogP contribution in [0.1, 0.15) is 51.4 Å². The first-order valence-corrected chi connectivity index (χ1v) is 8.85. The van der Waals surface area contributed by atoms with Crippen molar-refractivity contribution in [3.63, 3.8) is 0 Å². The van der Waals surface area contributed by atoms with Crippen molar-refractivity contribution < 1.29 is 0 Å². The lowest BCUT2D eigenvalue weighted by Crippen LogP contribution is -2.54. The first-order valence-electron chi connectivity index (χ1n) is 8.85. The van der Waals surface area contributed by atoms with Crippen molar-refractivity contribution in [2.24, 2.45) is 33.4 Å². The highest BCUT2D eigenvalue weighted by molar-refractivity contribution is 5.15. The highest BCUT2D eigenvalue weighted by Crippen LogP contribution is 2.63. The van der Waals surface area contributed by atoms with Gasteiger partial charge in [-0.3, -0.25) is 0 Å². The maximum Gasteiger partial charge on any atom is 0.149 e. The molecule has 0 radical (unpaired) electrons. The summed E-state index contributed by atoms with van der Waals surface area (Å²) in [4.78, 5) is 2.50. The molecular formula is C18H25N3. The van der Waals surface area contributed by atoms with E-state index in [1.165, 1.54) is 38.5 Å². The lowest BCUT2D eigenvalue weighted by Gasteiger charge is -2.59. The van der Waals surface area contributed by atoms with E-state index in [1.54, 1.807) is 0 Å². The van der Waals surface area contributed by atoms with Crippen LogP contribution in [0.5, 0.6) is 0 Å². The number of fused-ring (bicyclic) bond motifs is 1. The van der Waals surface area contributed by atoms with E-state index in [-0.39, 0.29) is 0 Å². The zero-order valence-corrected chi connectivity index (χ0v) is 12.7. The summed E-state index contributed by atoms with van der Waals surface area (Å²) in [5.74, 6) is 4.12. The van der Waals surface area contributed by atoms with Crippen LogP contribution in [-0.2, 0) is 0 Å². The lowest BCUT2D eigenvalue weighted by atomic mass is 9.48. The predicted molar refractivity (Wildman–Crippen MR) is 82.4 cm³/mol. The van der Waals surface area contributed by atoms with Gasteiger partial charge in [-0.1, -0.05) is 12.2 Å². The molecule has 0 aromatic rings. The van der Waals surface area contributed by atoms with Gasteiger partial charge in [0.1, 0.15) is 12.0 Å². The van der Waals surface area contributed by atoms with Gasteiger partial charge in [-0.2, -0.15) is 5.11 Å². The van der Waals surface area contributed by atoms with E-state index in [4.69, 9.17) is 5.11 Å². The molecule has 4 bridgehead atoms. The minimum atomic E-state index is 0.333. The minimum absolute atomic E-state index is 0.333. The van der Waals surface area contributed by atoms with E-state index in [2.05, 4.69) is 28.2 Å². The van der Waals surface area contributed by atoms with Crippen LogP contribution in [0.2, 0.25) is 0 Å². The van der Waals surface area contributed by atoms with Crippen molar-refractivity contribution in [3.05, 3.63) is 24.0 Å². The van der Waals surface area contributed by atoms with E-state index in [1.807, 2.05) is 0 Å². The Morgan fingerprint density at radius 3 is 2.38 bits per heavy atom. The van der Waals surface area contributed by atoms with E-state index in [0.717, 1.165) is 43.0 Å². The van der Waals surface area contributed by atoms with Gasteiger partial charge >= 0.3 is 0 Å². The number of allylic oxidation sites excluding steroid dienone is 2. The van der Waals surface area contributed by atoms with E-state index < -0.39 is 0 Å². The molecule has 0 aromatic carbocycles. The van der Waals surface area contributed by atoms with Crippen LogP contribution in [0.15, 0.2) is 34.3 Å². The maximum atomic E-state index is 4.80. The van der Waals surface area contributed by atoms with Crippen molar-refractivity contribution >= 4 is 0 Å². The third kappa shape index (κ3) is 1.85. The summed E-state index contributed by atoms with van der Waals surface area (Å²) in [7, 11) is 0. The molecule has 112 valence electrons. The van der Waals surface area contributed by atoms with E-state index in [0.29, 0.717) is 11.6 Å². The molecule has 3 nitrogen and oxygen atoms in total. The van der Waals surface area contributed by atoms with Gasteiger partial charge in [-0.25, -0.2) is 0 Å². The number of rotatable bonds is 1. The summed E-state index contributed by atoms with van der Waals surface area (Å²) < 4.78 is 0. The topological polar surface area (TPSA) is 28.0 Å². The first kappa shape index (κ1) is 12.4. The van der Waals surface area contributed by atoms with Gasteiger partial charge in [0.05, 0.1) is 0 Å². The quantitative estimate of drug-likeness (QED) is 0.652. The van der Waals surface area contributed by atoms with Crippen molar-refractivity contribution in [1.29, 1.82) is 0 Å². The first-order chi connectivity index (χ1) is 10.3. The third-order valence-electron chi connectivity index (χ3n) is 6.62. The van der Waals surface area contributed by atoms with Gasteiger partial charge in [0.2, 0.25) is 0 Å². The summed E-state index contributed by atoms with van der Waals surface area (Å²) in [5, 5.41) is 9.38. The second kappa shape index (κ2) is 4.44. The van der Waals surface area contributed by atoms with Gasteiger partial charge in [0.25, 0.3) is 0 Å². The van der Waals surface area contributed by atoms with Crippen molar-refractivity contribution in [2.45, 2.75) is 57.5 Å². The second-order valence-electron chi connectivity index (χ2n) is 8.13. The van der Waals surface area contributed by atoms with E-state index in [9.17, 15) is 0 Å². The summed E-state index contributed by atoms with van der Waals surface area (Å²) >= 11 is 0. The molecule has 0 aromatic heterocycles. The Morgan fingerprint density at radius 2 is 1.67 bits per heavy atom. The van der Waals surface area contributed by atoms with Crippen molar-refractivity contribution in [2.75, 3.05) is 6.54 Å². The number of hydrogen-bond acceptors (Lipinski definition) is 3. The Hall–Kier alpha value is -1.12. The van der Waals surface area contributed by atoms with Crippen LogP contribution in [0, 0.1) is 23.2 Å². The zero-order valence-electron chi connectivity index (χ0n) is 12.7. The summed E-state index contributed by atoms with van der Waals surface area (Å²) in [5.41, 5.74) is 0.445. The van der Waals surface area contributed by atoms with Gasteiger partial charge in [0, 0.05) is 12.0 Å². The minimum Gasteiger partial charge on any atom is -0.327 e. The highest BCUT2D eigenvalue weighted by Gasteiger charge is 2.56. The zero-order chi connectivity index (χ0) is 13.9. The summed E-state index contributed by atoms with van der Waals surface area (Å²) in [6, 6.07) is 0. The van der Waals surface area contributed by atoms with Gasteiger partial charge in [-0.15, -0.1) is 5.11 Å². The SMILES string of the molecule is C1=C\CN2/C(=C\CC/1)N=NC2C12CC3CC(CC(C3)C1)C2. The molecule has 0 saturated heterocycles. The fourth-order valence-corrected chi connectivity index (χ4v) is 6.27. The van der Waals surface area contributed by atoms with Crippen molar-refractivity contribution in [1.82, 2.24) is 4.90 Å². The molecule has 4 fully saturated rings. The summed E-state index contributed by atoms with van der Waals surface area (Å²) in [6.07, 6.45) is 18.3. The molecule has 1 atom stereocenters. The Morgan fingerprint density at radius 1 is 0.952 bits per heavy atom. The molecule has 6 aliphatic rings. The fourth-order valence-electron chi connectivity index (χ4n) is 6.27. The van der Waals surface area contributed by atoms with Crippen LogP contribution in [0.4, 0.5) is 0 Å². The van der Waals surface area contributed by atoms with Crippen LogP contribution >= 0.6 is 0 Å². The molecule has 2 heterocycles. The number of nitrogens with zero attached hydrogens (tertiary/aromatic N) is 3. The highest BCUT2D eigenvalue weighted by atomic mass is 15.5. The summed E-state index contributed by atoms with van der Waals surface area (Å²) in [6.45, 7) is 1.01. The molecule has 0 amide bonds. The van der Waals surface area contributed by atoms with Crippen molar-refractivity contribution in [3.8, 4) is 0 Å². The Balaban J connectivity index is 1.48. The maximum absolute atomic E-state index is 4.80. The number of hydrogen-bond donors (Lipinski definition) is 0. The van der Waals surface area contributed by atoms with Gasteiger partial charge in [-0.05, 0) is 75.2 Å². The third-order valence-corrected chi connectivity index (χ3v) is 6.62. The molecule has 0 N–H and O–H groups in total. The molecule has 3 heteroatoms.